The third-order valence-electron chi connectivity index (χ3n) is 8.53. The maximum absolute atomic E-state index is 13.4. The second-order valence-electron chi connectivity index (χ2n) is 11.5. The molecule has 1 aromatic carbocycles. The number of piperidine rings is 1. The molecule has 1 aliphatic heterocycles. The van der Waals surface area contributed by atoms with E-state index in [0.29, 0.717) is 11.5 Å². The summed E-state index contributed by atoms with van der Waals surface area (Å²) in [5.41, 5.74) is 7.42. The molecule has 2 aromatic heterocycles. The summed E-state index contributed by atoms with van der Waals surface area (Å²) in [5, 5.41) is 13.0. The number of benzene rings is 1. The SMILES string of the molecule is C=C(C(=O)Cc1ccc(C2CCCCCC2)nc1)c1cc(-c2cncc(CN3CCC(O)CC3)c2)ccc1NC. The minimum Gasteiger partial charge on any atom is -0.393 e. The zero-order valence-corrected chi connectivity index (χ0v) is 23.7. The summed E-state index contributed by atoms with van der Waals surface area (Å²) < 4.78 is 0. The van der Waals surface area contributed by atoms with E-state index in [-0.39, 0.29) is 18.3 Å². The Bertz CT molecular complexity index is 1300. The summed E-state index contributed by atoms with van der Waals surface area (Å²) in [6, 6.07) is 12.5. The van der Waals surface area contributed by atoms with Crippen molar-refractivity contribution in [2.24, 2.45) is 0 Å². The van der Waals surface area contributed by atoms with Crippen molar-refractivity contribution in [1.82, 2.24) is 14.9 Å². The Hall–Kier alpha value is -3.35. The lowest BCUT2D eigenvalue weighted by atomic mass is 9.93. The van der Waals surface area contributed by atoms with Gasteiger partial charge in [-0.05, 0) is 66.6 Å². The topological polar surface area (TPSA) is 78.4 Å². The highest BCUT2D eigenvalue weighted by molar-refractivity contribution is 6.22. The Morgan fingerprint density at radius 3 is 2.42 bits per heavy atom. The van der Waals surface area contributed by atoms with Gasteiger partial charge >= 0.3 is 0 Å². The third-order valence-corrected chi connectivity index (χ3v) is 8.53. The van der Waals surface area contributed by atoms with Crippen molar-refractivity contribution in [3.05, 3.63) is 84.0 Å². The number of hydrogen-bond donors (Lipinski definition) is 2. The lowest BCUT2D eigenvalue weighted by Gasteiger charge is -2.29. The van der Waals surface area contributed by atoms with Gasteiger partial charge in [0.2, 0.25) is 0 Å². The molecule has 0 unspecified atom stereocenters. The van der Waals surface area contributed by atoms with Crippen molar-refractivity contribution in [3.63, 3.8) is 0 Å². The second kappa shape index (κ2) is 13.3. The van der Waals surface area contributed by atoms with Gasteiger partial charge in [0.1, 0.15) is 0 Å². The largest absolute Gasteiger partial charge is 0.393 e. The normalized spacial score (nSPS) is 17.4. The highest BCUT2D eigenvalue weighted by Crippen LogP contribution is 2.32. The number of aromatic nitrogens is 2. The molecule has 0 atom stereocenters. The van der Waals surface area contributed by atoms with E-state index in [1.165, 1.54) is 38.5 Å². The highest BCUT2D eigenvalue weighted by atomic mass is 16.3. The van der Waals surface area contributed by atoms with Crippen LogP contribution in [0.25, 0.3) is 16.7 Å². The molecule has 0 radical (unpaired) electrons. The predicted octanol–water partition coefficient (Wildman–Crippen LogP) is 6.40. The van der Waals surface area contributed by atoms with Crippen molar-refractivity contribution >= 4 is 17.0 Å². The van der Waals surface area contributed by atoms with Crippen molar-refractivity contribution in [3.8, 4) is 11.1 Å². The number of Topliss-reactive ketones (excluding diaryl/α,β-unsaturated/α-hetero) is 1. The lowest BCUT2D eigenvalue weighted by molar-refractivity contribution is -0.113. The molecule has 2 N–H and O–H groups in total. The van der Waals surface area contributed by atoms with E-state index in [1.807, 2.05) is 37.8 Å². The van der Waals surface area contributed by atoms with E-state index >= 15 is 0 Å². The fourth-order valence-electron chi connectivity index (χ4n) is 6.06. The molecular weight excluding hydrogens is 496 g/mol. The Balaban J connectivity index is 1.28. The van der Waals surface area contributed by atoms with Gasteiger partial charge in [-0.15, -0.1) is 0 Å². The molecule has 3 heterocycles. The van der Waals surface area contributed by atoms with Gasteiger partial charge in [-0.25, -0.2) is 0 Å². The average Bonchev–Trinajstić information content (AvgIpc) is 3.28. The fraction of sp³-hybridized carbons (Fsp3) is 0.441. The molecule has 6 nitrogen and oxygen atoms in total. The van der Waals surface area contributed by atoms with Crippen LogP contribution in [0.5, 0.6) is 0 Å². The van der Waals surface area contributed by atoms with Crippen LogP contribution in [0.2, 0.25) is 0 Å². The maximum Gasteiger partial charge on any atom is 0.167 e. The molecule has 40 heavy (non-hydrogen) atoms. The Kier molecular flexibility index (Phi) is 9.40. The smallest absolute Gasteiger partial charge is 0.167 e. The summed E-state index contributed by atoms with van der Waals surface area (Å²) in [7, 11) is 1.87. The van der Waals surface area contributed by atoms with Gasteiger partial charge < -0.3 is 10.4 Å². The first kappa shape index (κ1) is 28.2. The summed E-state index contributed by atoms with van der Waals surface area (Å²) in [5.74, 6) is 0.542. The average molecular weight is 539 g/mol. The number of aliphatic hydroxyl groups excluding tert-OH is 1. The van der Waals surface area contributed by atoms with E-state index in [1.54, 1.807) is 0 Å². The predicted molar refractivity (Wildman–Crippen MR) is 162 cm³/mol. The van der Waals surface area contributed by atoms with E-state index in [0.717, 1.165) is 71.7 Å². The molecule has 0 bridgehead atoms. The van der Waals surface area contributed by atoms with Crippen LogP contribution in [0.1, 0.15) is 79.7 Å². The maximum atomic E-state index is 13.4. The number of allylic oxidation sites excluding steroid dienone is 1. The molecule has 1 aliphatic carbocycles. The van der Waals surface area contributed by atoms with Gasteiger partial charge in [0.05, 0.1) is 6.10 Å². The molecule has 2 fully saturated rings. The van der Waals surface area contributed by atoms with Crippen LogP contribution in [0, 0.1) is 0 Å². The van der Waals surface area contributed by atoms with Crippen LogP contribution in [0.15, 0.2) is 61.6 Å². The fourth-order valence-corrected chi connectivity index (χ4v) is 6.06. The number of pyridine rings is 2. The summed E-state index contributed by atoms with van der Waals surface area (Å²) in [6.07, 6.45) is 15.0. The van der Waals surface area contributed by atoms with Crippen LogP contribution in [-0.2, 0) is 17.8 Å². The minimum atomic E-state index is -0.178. The molecule has 3 aromatic rings. The van der Waals surface area contributed by atoms with Crippen molar-refractivity contribution in [2.75, 3.05) is 25.5 Å². The van der Waals surface area contributed by atoms with Crippen LogP contribution in [-0.4, -0.2) is 52.0 Å². The van der Waals surface area contributed by atoms with E-state index in [4.69, 9.17) is 4.98 Å². The van der Waals surface area contributed by atoms with Gasteiger partial charge in [-0.1, -0.05) is 44.4 Å². The number of nitrogens with one attached hydrogen (secondary N) is 1. The van der Waals surface area contributed by atoms with Crippen LogP contribution in [0.3, 0.4) is 0 Å². The van der Waals surface area contributed by atoms with E-state index in [9.17, 15) is 9.90 Å². The molecule has 5 rings (SSSR count). The summed E-state index contributed by atoms with van der Waals surface area (Å²) in [4.78, 5) is 25.0. The van der Waals surface area contributed by atoms with Crippen molar-refractivity contribution in [1.29, 1.82) is 0 Å². The zero-order valence-electron chi connectivity index (χ0n) is 23.7. The number of ketones is 1. The first-order chi connectivity index (χ1) is 19.5. The van der Waals surface area contributed by atoms with Crippen molar-refractivity contribution < 1.29 is 9.90 Å². The van der Waals surface area contributed by atoms with Crippen LogP contribution < -0.4 is 5.32 Å². The van der Waals surface area contributed by atoms with Gasteiger partial charge in [-0.2, -0.15) is 0 Å². The number of aliphatic hydroxyl groups is 1. The molecule has 1 saturated carbocycles. The second-order valence-corrected chi connectivity index (χ2v) is 11.5. The number of likely N-dealkylation sites (tertiary alicyclic amines) is 1. The van der Waals surface area contributed by atoms with Crippen molar-refractivity contribution in [2.45, 2.75) is 76.4 Å². The molecule has 0 spiro atoms. The molecule has 2 aliphatic rings. The van der Waals surface area contributed by atoms with Gasteiger partial charge in [0.25, 0.3) is 0 Å². The number of anilines is 1. The molecule has 210 valence electrons. The van der Waals surface area contributed by atoms with E-state index in [2.05, 4.69) is 46.0 Å². The molecular formula is C34H42N4O2. The Morgan fingerprint density at radius 2 is 1.73 bits per heavy atom. The number of carbonyl (C=O) groups excluding carboxylic acids is 1. The monoisotopic (exact) mass is 538 g/mol. The minimum absolute atomic E-state index is 0.00294. The van der Waals surface area contributed by atoms with Gasteiger partial charge in [0, 0.05) is 85.7 Å². The van der Waals surface area contributed by atoms with Gasteiger partial charge in [-0.3, -0.25) is 19.7 Å². The van der Waals surface area contributed by atoms with Crippen LogP contribution >= 0.6 is 0 Å². The summed E-state index contributed by atoms with van der Waals surface area (Å²) >= 11 is 0. The molecule has 6 heteroatoms. The quantitative estimate of drug-likeness (QED) is 0.242. The van der Waals surface area contributed by atoms with Crippen LogP contribution in [0.4, 0.5) is 5.69 Å². The number of nitrogens with zero attached hydrogens (tertiary/aromatic N) is 3. The number of hydrogen-bond acceptors (Lipinski definition) is 6. The first-order valence-corrected chi connectivity index (χ1v) is 14.8. The van der Waals surface area contributed by atoms with E-state index < -0.39 is 0 Å². The number of rotatable bonds is 9. The Labute approximate surface area is 238 Å². The number of carbonyl (C=O) groups is 1. The first-order valence-electron chi connectivity index (χ1n) is 14.8. The Morgan fingerprint density at radius 1 is 0.950 bits per heavy atom. The standard InChI is InChI=1S/C34H42N4O2/c1-24(34(40)18-25-9-11-32(37-21-25)27-7-5-3-4-6-8-27)31-19-28(10-12-33(31)35-2)29-17-26(20-36-22-29)23-38-15-13-30(39)14-16-38/h9-12,17,19-22,27,30,35,39H,1,3-8,13-16,18,23H2,2H3. The van der Waals surface area contributed by atoms with Gasteiger partial charge in [0.15, 0.2) is 5.78 Å². The zero-order chi connectivity index (χ0) is 27.9. The lowest BCUT2D eigenvalue weighted by Crippen LogP contribution is -2.35. The summed E-state index contributed by atoms with van der Waals surface area (Å²) in [6.45, 7) is 6.82. The molecule has 0 amide bonds. The molecule has 1 saturated heterocycles. The highest BCUT2D eigenvalue weighted by Gasteiger charge is 2.19. The third kappa shape index (κ3) is 7.04.